The van der Waals surface area contributed by atoms with E-state index in [1.165, 1.54) is 24.3 Å². The topological polar surface area (TPSA) is 65.2 Å². The fourth-order valence-corrected chi connectivity index (χ4v) is 2.10. The van der Waals surface area contributed by atoms with Crippen LogP contribution in [0.4, 0.5) is 4.39 Å². The molecule has 3 rings (SSSR count). The van der Waals surface area contributed by atoms with Crippen molar-refractivity contribution in [3.63, 3.8) is 0 Å². The van der Waals surface area contributed by atoms with Crippen LogP contribution in [-0.2, 0) is 16.1 Å². The lowest BCUT2D eigenvalue weighted by Gasteiger charge is -1.98. The van der Waals surface area contributed by atoms with Crippen molar-refractivity contribution < 1.29 is 18.3 Å². The van der Waals surface area contributed by atoms with Gasteiger partial charge in [0.2, 0.25) is 5.89 Å². The van der Waals surface area contributed by atoms with Crippen LogP contribution in [0.2, 0.25) is 5.02 Å². The van der Waals surface area contributed by atoms with Gasteiger partial charge in [-0.2, -0.15) is 0 Å². The van der Waals surface area contributed by atoms with E-state index in [1.54, 1.807) is 36.4 Å². The molecule has 7 heteroatoms. The molecule has 0 amide bonds. The van der Waals surface area contributed by atoms with Crippen LogP contribution in [0.5, 0.6) is 0 Å². The average Bonchev–Trinajstić information content (AvgIpc) is 3.08. The van der Waals surface area contributed by atoms with Gasteiger partial charge in [-0.15, -0.1) is 10.2 Å². The highest BCUT2D eigenvalue weighted by atomic mass is 35.5. The number of carbonyl (C=O) groups is 1. The SMILES string of the molecule is O=C(/C=C/c1cccc(F)c1)OCc1nnc(-c2ccc(Cl)cc2)o1. The van der Waals surface area contributed by atoms with E-state index < -0.39 is 5.97 Å². The molecule has 25 heavy (non-hydrogen) atoms. The summed E-state index contributed by atoms with van der Waals surface area (Å²) in [7, 11) is 0. The van der Waals surface area contributed by atoms with Crippen LogP contribution >= 0.6 is 11.6 Å². The van der Waals surface area contributed by atoms with E-state index in [9.17, 15) is 9.18 Å². The van der Waals surface area contributed by atoms with Crippen molar-refractivity contribution in [3.05, 3.63) is 76.9 Å². The minimum Gasteiger partial charge on any atom is -0.452 e. The molecule has 1 aromatic heterocycles. The van der Waals surface area contributed by atoms with Crippen molar-refractivity contribution >= 4 is 23.6 Å². The number of halogens is 2. The molecule has 0 aliphatic carbocycles. The molecule has 0 aliphatic rings. The number of esters is 1. The van der Waals surface area contributed by atoms with Gasteiger partial charge in [0.05, 0.1) is 0 Å². The molecule has 1 heterocycles. The van der Waals surface area contributed by atoms with Crippen molar-refractivity contribution in [1.29, 1.82) is 0 Å². The number of aromatic nitrogens is 2. The summed E-state index contributed by atoms with van der Waals surface area (Å²) in [5, 5.41) is 8.30. The monoisotopic (exact) mass is 358 g/mol. The van der Waals surface area contributed by atoms with Crippen LogP contribution < -0.4 is 0 Å². The van der Waals surface area contributed by atoms with Crippen molar-refractivity contribution in [3.8, 4) is 11.5 Å². The van der Waals surface area contributed by atoms with Gasteiger partial charge in [-0.05, 0) is 48.0 Å². The fraction of sp³-hybridized carbons (Fsp3) is 0.0556. The number of ether oxygens (including phenoxy) is 1. The third-order valence-corrected chi connectivity index (χ3v) is 3.41. The summed E-state index contributed by atoms with van der Waals surface area (Å²) in [5.41, 5.74) is 1.26. The highest BCUT2D eigenvalue weighted by Gasteiger charge is 2.10. The summed E-state index contributed by atoms with van der Waals surface area (Å²) in [5.74, 6) is -0.512. The molecule has 0 bridgehead atoms. The van der Waals surface area contributed by atoms with Gasteiger partial charge in [0.25, 0.3) is 5.89 Å². The highest BCUT2D eigenvalue weighted by Crippen LogP contribution is 2.20. The molecule has 0 saturated carbocycles. The lowest BCUT2D eigenvalue weighted by atomic mass is 10.2. The van der Waals surface area contributed by atoms with Crippen molar-refractivity contribution in [2.24, 2.45) is 0 Å². The van der Waals surface area contributed by atoms with Gasteiger partial charge in [-0.1, -0.05) is 23.7 Å². The smallest absolute Gasteiger partial charge is 0.331 e. The summed E-state index contributed by atoms with van der Waals surface area (Å²) < 4.78 is 23.5. The third-order valence-electron chi connectivity index (χ3n) is 3.16. The van der Waals surface area contributed by atoms with Crippen LogP contribution in [0.1, 0.15) is 11.5 Å². The van der Waals surface area contributed by atoms with E-state index in [0.717, 1.165) is 0 Å². The van der Waals surface area contributed by atoms with Gasteiger partial charge >= 0.3 is 5.97 Å². The fourth-order valence-electron chi connectivity index (χ4n) is 1.98. The molecule has 3 aromatic rings. The second-order valence-electron chi connectivity index (χ2n) is 5.00. The Hall–Kier alpha value is -2.99. The van der Waals surface area contributed by atoms with E-state index >= 15 is 0 Å². The first kappa shape index (κ1) is 16.9. The standard InChI is InChI=1S/C18H12ClFN2O3/c19-14-7-5-13(6-8-14)18-22-21-16(25-18)11-24-17(23)9-4-12-2-1-3-15(20)10-12/h1-10H,11H2/b9-4+. The molecule has 0 spiro atoms. The number of hydrogen-bond donors (Lipinski definition) is 0. The Morgan fingerprint density at radius 3 is 2.76 bits per heavy atom. The predicted molar refractivity (Wildman–Crippen MR) is 90.0 cm³/mol. The van der Waals surface area contributed by atoms with Gasteiger partial charge < -0.3 is 9.15 Å². The summed E-state index contributed by atoms with van der Waals surface area (Å²) in [6.45, 7) is -0.160. The van der Waals surface area contributed by atoms with E-state index in [1.807, 2.05) is 0 Å². The van der Waals surface area contributed by atoms with Crippen LogP contribution in [0, 0.1) is 5.82 Å². The molecule has 5 nitrogen and oxygen atoms in total. The average molecular weight is 359 g/mol. The lowest BCUT2D eigenvalue weighted by molar-refractivity contribution is -0.139. The number of hydrogen-bond acceptors (Lipinski definition) is 5. The number of carbonyl (C=O) groups excluding carboxylic acids is 1. The van der Waals surface area contributed by atoms with Gasteiger partial charge in [0.15, 0.2) is 6.61 Å². The Kier molecular flexibility index (Phi) is 5.20. The largest absolute Gasteiger partial charge is 0.452 e. The summed E-state index contributed by atoms with van der Waals surface area (Å²) in [6, 6.07) is 12.8. The molecule has 0 atom stereocenters. The van der Waals surface area contributed by atoms with Gasteiger partial charge in [-0.25, -0.2) is 9.18 Å². The van der Waals surface area contributed by atoms with Crippen LogP contribution in [0.3, 0.4) is 0 Å². The molecular weight excluding hydrogens is 347 g/mol. The van der Waals surface area contributed by atoms with Crippen LogP contribution in [0.15, 0.2) is 59.0 Å². The highest BCUT2D eigenvalue weighted by molar-refractivity contribution is 6.30. The van der Waals surface area contributed by atoms with Gasteiger partial charge in [0, 0.05) is 16.7 Å². The molecule has 0 unspecified atom stereocenters. The van der Waals surface area contributed by atoms with Gasteiger partial charge in [0.1, 0.15) is 5.82 Å². The molecule has 126 valence electrons. The number of rotatable bonds is 5. The first-order valence-electron chi connectivity index (χ1n) is 7.29. The number of nitrogens with zero attached hydrogens (tertiary/aromatic N) is 2. The maximum Gasteiger partial charge on any atom is 0.331 e. The normalized spacial score (nSPS) is 11.0. The first-order chi connectivity index (χ1) is 12.1. The first-order valence-corrected chi connectivity index (χ1v) is 7.67. The summed E-state index contributed by atoms with van der Waals surface area (Å²) in [6.07, 6.45) is 2.66. The Morgan fingerprint density at radius 1 is 1.20 bits per heavy atom. The second-order valence-corrected chi connectivity index (χ2v) is 5.44. The number of benzene rings is 2. The molecule has 2 aromatic carbocycles. The van der Waals surface area contributed by atoms with Crippen molar-refractivity contribution in [2.75, 3.05) is 0 Å². The zero-order valence-corrected chi connectivity index (χ0v) is 13.6. The molecule has 0 fully saturated rings. The lowest BCUT2D eigenvalue weighted by Crippen LogP contribution is -2.00. The maximum absolute atomic E-state index is 13.0. The quantitative estimate of drug-likeness (QED) is 0.503. The van der Waals surface area contributed by atoms with Crippen molar-refractivity contribution in [2.45, 2.75) is 6.61 Å². The Labute approximate surface area is 147 Å². The Morgan fingerprint density at radius 2 is 2.00 bits per heavy atom. The minimum absolute atomic E-state index is 0.160. The molecule has 0 N–H and O–H groups in total. The third kappa shape index (κ3) is 4.74. The van der Waals surface area contributed by atoms with E-state index in [-0.39, 0.29) is 18.3 Å². The predicted octanol–water partition coefficient (Wildman–Crippen LogP) is 4.29. The maximum atomic E-state index is 13.0. The Bertz CT molecular complexity index is 907. The zero-order chi connectivity index (χ0) is 17.6. The van der Waals surface area contributed by atoms with Crippen molar-refractivity contribution in [1.82, 2.24) is 10.2 Å². The Balaban J connectivity index is 1.56. The van der Waals surface area contributed by atoms with Gasteiger partial charge in [-0.3, -0.25) is 0 Å². The summed E-state index contributed by atoms with van der Waals surface area (Å²) >= 11 is 5.82. The van der Waals surface area contributed by atoms with E-state index in [2.05, 4.69) is 10.2 Å². The van der Waals surface area contributed by atoms with E-state index in [0.29, 0.717) is 22.0 Å². The van der Waals surface area contributed by atoms with Crippen LogP contribution in [0.25, 0.3) is 17.5 Å². The molecule has 0 aliphatic heterocycles. The second kappa shape index (κ2) is 7.72. The molecule has 0 saturated heterocycles. The summed E-state index contributed by atoms with van der Waals surface area (Å²) in [4.78, 5) is 11.7. The van der Waals surface area contributed by atoms with Crippen LogP contribution in [-0.4, -0.2) is 16.2 Å². The molecular formula is C18H12ClFN2O3. The van der Waals surface area contributed by atoms with E-state index in [4.69, 9.17) is 20.8 Å². The molecule has 0 radical (unpaired) electrons. The minimum atomic E-state index is -0.601. The zero-order valence-electron chi connectivity index (χ0n) is 12.9.